The summed E-state index contributed by atoms with van der Waals surface area (Å²) < 4.78 is 27.5. The van der Waals surface area contributed by atoms with Gasteiger partial charge in [-0.3, -0.25) is 9.48 Å². The van der Waals surface area contributed by atoms with Gasteiger partial charge < -0.3 is 10.4 Å². The second-order valence-corrected chi connectivity index (χ2v) is 7.29. The number of benzene rings is 2. The highest BCUT2D eigenvalue weighted by molar-refractivity contribution is 6.06. The number of amides is 1. The summed E-state index contributed by atoms with van der Waals surface area (Å²) in [6, 6.07) is 14.4. The monoisotopic (exact) mass is 409 g/mol. The maximum atomic E-state index is 13.2. The number of anilines is 1. The predicted molar refractivity (Wildman–Crippen MR) is 111 cm³/mol. The summed E-state index contributed by atoms with van der Waals surface area (Å²) in [6.45, 7) is 3.21. The second-order valence-electron chi connectivity index (χ2n) is 7.29. The maximum Gasteiger partial charge on any atom is 0.282 e. The number of hydrogen-bond acceptors (Lipinski definition) is 3. The van der Waals surface area contributed by atoms with E-state index in [9.17, 15) is 18.7 Å². The van der Waals surface area contributed by atoms with Gasteiger partial charge in [-0.2, -0.15) is 5.10 Å². The van der Waals surface area contributed by atoms with E-state index in [0.29, 0.717) is 5.69 Å². The number of carbonyl (C=O) groups is 1. The SMILES string of the molecule is Cn1cc(C(=O)Nc2ccccc2-c2ccc(C#CC(C)(C)O)cc2)c(C(F)F)n1. The first-order valence-corrected chi connectivity index (χ1v) is 9.22. The van der Waals surface area contributed by atoms with Gasteiger partial charge in [-0.1, -0.05) is 42.2 Å². The number of aliphatic hydroxyl groups is 1. The van der Waals surface area contributed by atoms with E-state index in [4.69, 9.17) is 0 Å². The summed E-state index contributed by atoms with van der Waals surface area (Å²) in [7, 11) is 1.49. The molecule has 3 aromatic rings. The highest BCUT2D eigenvalue weighted by Gasteiger charge is 2.23. The minimum absolute atomic E-state index is 0.167. The number of rotatable bonds is 4. The number of para-hydroxylation sites is 1. The summed E-state index contributed by atoms with van der Waals surface area (Å²) >= 11 is 0. The lowest BCUT2D eigenvalue weighted by atomic mass is 10.0. The Morgan fingerprint density at radius 1 is 1.17 bits per heavy atom. The Kier molecular flexibility index (Phi) is 5.99. The van der Waals surface area contributed by atoms with Gasteiger partial charge in [0, 0.05) is 30.1 Å². The Morgan fingerprint density at radius 3 is 2.47 bits per heavy atom. The minimum atomic E-state index is -2.85. The van der Waals surface area contributed by atoms with Crippen LogP contribution in [0.5, 0.6) is 0 Å². The molecule has 1 amide bonds. The summed E-state index contributed by atoms with van der Waals surface area (Å²) in [6.07, 6.45) is -1.57. The fourth-order valence-corrected chi connectivity index (χ4v) is 2.83. The summed E-state index contributed by atoms with van der Waals surface area (Å²) in [4.78, 5) is 12.6. The van der Waals surface area contributed by atoms with Crippen molar-refractivity contribution >= 4 is 11.6 Å². The number of carbonyl (C=O) groups excluding carboxylic acids is 1. The van der Waals surface area contributed by atoms with Crippen molar-refractivity contribution in [2.24, 2.45) is 7.05 Å². The summed E-state index contributed by atoms with van der Waals surface area (Å²) in [5, 5.41) is 16.1. The van der Waals surface area contributed by atoms with Gasteiger partial charge in [0.25, 0.3) is 12.3 Å². The van der Waals surface area contributed by atoms with E-state index in [0.717, 1.165) is 16.7 Å². The van der Waals surface area contributed by atoms with E-state index in [1.165, 1.54) is 17.9 Å². The molecule has 0 aliphatic carbocycles. The molecule has 0 fully saturated rings. The molecule has 1 heterocycles. The van der Waals surface area contributed by atoms with Crippen LogP contribution in [0.25, 0.3) is 11.1 Å². The first-order valence-electron chi connectivity index (χ1n) is 9.22. The number of alkyl halides is 2. The van der Waals surface area contributed by atoms with Crippen molar-refractivity contribution in [3.8, 4) is 23.0 Å². The molecule has 1 aromatic heterocycles. The van der Waals surface area contributed by atoms with E-state index in [1.54, 1.807) is 26.0 Å². The van der Waals surface area contributed by atoms with E-state index in [-0.39, 0.29) is 5.56 Å². The van der Waals surface area contributed by atoms with Crippen LogP contribution in [0.3, 0.4) is 0 Å². The molecule has 0 bridgehead atoms. The van der Waals surface area contributed by atoms with Gasteiger partial charge in [0.05, 0.1) is 5.56 Å². The van der Waals surface area contributed by atoms with E-state index >= 15 is 0 Å². The third-order valence-electron chi connectivity index (χ3n) is 4.19. The number of nitrogens with zero attached hydrogens (tertiary/aromatic N) is 2. The zero-order valence-electron chi connectivity index (χ0n) is 16.8. The number of halogens is 2. The molecule has 0 atom stereocenters. The Bertz CT molecular complexity index is 1120. The molecule has 0 aliphatic rings. The lowest BCUT2D eigenvalue weighted by Crippen LogP contribution is -2.14. The Balaban J connectivity index is 1.88. The molecule has 0 aliphatic heterocycles. The average Bonchev–Trinajstić information content (AvgIpc) is 3.09. The molecule has 7 heteroatoms. The quantitative estimate of drug-likeness (QED) is 0.628. The molecule has 2 aromatic carbocycles. The second kappa shape index (κ2) is 8.47. The van der Waals surface area contributed by atoms with Gasteiger partial charge in [-0.15, -0.1) is 0 Å². The zero-order chi connectivity index (χ0) is 21.9. The molecule has 0 saturated carbocycles. The molecule has 0 radical (unpaired) electrons. The molecule has 3 rings (SSSR count). The standard InChI is InChI=1S/C23H21F2N3O2/c1-23(2,30)13-12-15-8-10-16(11-9-15)17-6-4-5-7-19(17)26-22(29)18-14-28(3)27-20(18)21(24)25/h4-11,14,21,30H,1-3H3,(H,26,29). The Hall–Kier alpha value is -3.50. The van der Waals surface area contributed by atoms with Gasteiger partial charge in [0.2, 0.25) is 0 Å². The van der Waals surface area contributed by atoms with Gasteiger partial charge in [0.1, 0.15) is 11.3 Å². The van der Waals surface area contributed by atoms with E-state index < -0.39 is 23.6 Å². The van der Waals surface area contributed by atoms with E-state index in [2.05, 4.69) is 22.3 Å². The van der Waals surface area contributed by atoms with Crippen molar-refractivity contribution in [2.75, 3.05) is 5.32 Å². The van der Waals surface area contributed by atoms with Crippen LogP contribution < -0.4 is 5.32 Å². The highest BCUT2D eigenvalue weighted by atomic mass is 19.3. The molecule has 0 saturated heterocycles. The molecule has 154 valence electrons. The van der Waals surface area contributed by atoms with Crippen LogP contribution >= 0.6 is 0 Å². The van der Waals surface area contributed by atoms with Crippen LogP contribution in [0.2, 0.25) is 0 Å². The van der Waals surface area contributed by atoms with Gasteiger partial charge in [-0.05, 0) is 37.6 Å². The van der Waals surface area contributed by atoms with Crippen molar-refractivity contribution in [2.45, 2.75) is 25.9 Å². The molecule has 0 spiro atoms. The van der Waals surface area contributed by atoms with Crippen LogP contribution in [0, 0.1) is 11.8 Å². The fourth-order valence-electron chi connectivity index (χ4n) is 2.83. The minimum Gasteiger partial charge on any atom is -0.378 e. The fraction of sp³-hybridized carbons (Fsp3) is 0.217. The molecular weight excluding hydrogens is 388 g/mol. The number of aromatic nitrogens is 2. The topological polar surface area (TPSA) is 67.2 Å². The average molecular weight is 409 g/mol. The zero-order valence-corrected chi connectivity index (χ0v) is 16.8. The largest absolute Gasteiger partial charge is 0.378 e. The first kappa shape index (κ1) is 21.2. The van der Waals surface area contributed by atoms with Crippen LogP contribution in [0.15, 0.2) is 54.7 Å². The molecule has 5 nitrogen and oxygen atoms in total. The highest BCUT2D eigenvalue weighted by Crippen LogP contribution is 2.29. The van der Waals surface area contributed by atoms with Crippen molar-refractivity contribution in [3.63, 3.8) is 0 Å². The van der Waals surface area contributed by atoms with Crippen molar-refractivity contribution in [1.82, 2.24) is 9.78 Å². The third kappa shape index (κ3) is 5.10. The third-order valence-corrected chi connectivity index (χ3v) is 4.19. The number of nitrogens with one attached hydrogen (secondary N) is 1. The van der Waals surface area contributed by atoms with Crippen LogP contribution in [-0.2, 0) is 7.05 Å². The lowest BCUT2D eigenvalue weighted by molar-refractivity contribution is 0.101. The maximum absolute atomic E-state index is 13.2. The van der Waals surface area contributed by atoms with Gasteiger partial charge >= 0.3 is 0 Å². The number of aryl methyl sites for hydroxylation is 1. The molecule has 30 heavy (non-hydrogen) atoms. The summed E-state index contributed by atoms with van der Waals surface area (Å²) in [5.74, 6) is 5.00. The first-order chi connectivity index (χ1) is 14.1. The van der Waals surface area contributed by atoms with Crippen molar-refractivity contribution in [1.29, 1.82) is 0 Å². The Morgan fingerprint density at radius 2 is 1.83 bits per heavy atom. The molecule has 0 unspecified atom stereocenters. The van der Waals surface area contributed by atoms with Crippen LogP contribution in [0.1, 0.15) is 41.9 Å². The number of hydrogen-bond donors (Lipinski definition) is 2. The van der Waals surface area contributed by atoms with Crippen molar-refractivity contribution in [3.05, 3.63) is 71.5 Å². The van der Waals surface area contributed by atoms with E-state index in [1.807, 2.05) is 36.4 Å². The van der Waals surface area contributed by atoms with Crippen LogP contribution in [0.4, 0.5) is 14.5 Å². The van der Waals surface area contributed by atoms with Crippen LogP contribution in [-0.4, -0.2) is 26.4 Å². The smallest absolute Gasteiger partial charge is 0.282 e. The van der Waals surface area contributed by atoms with Gasteiger partial charge in [0.15, 0.2) is 0 Å². The normalized spacial score (nSPS) is 11.2. The summed E-state index contributed by atoms with van der Waals surface area (Å²) in [5.41, 5.74) is 0.970. The van der Waals surface area contributed by atoms with Crippen molar-refractivity contribution < 1.29 is 18.7 Å². The molecular formula is C23H21F2N3O2. The van der Waals surface area contributed by atoms with Gasteiger partial charge in [-0.25, -0.2) is 8.78 Å². The lowest BCUT2D eigenvalue weighted by Gasteiger charge is -2.11. The Labute approximate surface area is 173 Å². The predicted octanol–water partition coefficient (Wildman–Crippen LogP) is 4.40. The molecule has 2 N–H and O–H groups in total.